The van der Waals surface area contributed by atoms with Crippen LogP contribution < -0.4 is 5.32 Å². The fourth-order valence-electron chi connectivity index (χ4n) is 2.24. The van der Waals surface area contributed by atoms with Crippen LogP contribution in [-0.2, 0) is 6.42 Å². The van der Waals surface area contributed by atoms with E-state index in [9.17, 15) is 4.79 Å². The molecule has 1 amide bonds. The van der Waals surface area contributed by atoms with E-state index in [1.807, 2.05) is 30.3 Å². The van der Waals surface area contributed by atoms with Gasteiger partial charge in [0.25, 0.3) is 5.91 Å². The van der Waals surface area contributed by atoms with Gasteiger partial charge in [-0.1, -0.05) is 25.1 Å². The number of hydrogen-bond acceptors (Lipinski definition) is 3. The van der Waals surface area contributed by atoms with Gasteiger partial charge in [-0.05, 0) is 37.0 Å². The number of hydrogen-bond donors (Lipinski definition) is 1. The maximum atomic E-state index is 12.3. The third-order valence-electron chi connectivity index (χ3n) is 3.56. The Balaban J connectivity index is 1.80. The second kappa shape index (κ2) is 5.41. The number of carbonyl (C=O) groups excluding carboxylic acids is 1. The maximum absolute atomic E-state index is 12.3. The van der Waals surface area contributed by atoms with Crippen molar-refractivity contribution in [1.29, 1.82) is 0 Å². The van der Waals surface area contributed by atoms with Crippen molar-refractivity contribution < 1.29 is 4.79 Å². The van der Waals surface area contributed by atoms with Crippen molar-refractivity contribution in [3.63, 3.8) is 0 Å². The molecular weight excluding hydrogens is 250 g/mol. The molecule has 20 heavy (non-hydrogen) atoms. The van der Waals surface area contributed by atoms with Crippen molar-refractivity contribution in [2.45, 2.75) is 32.1 Å². The zero-order valence-electron chi connectivity index (χ0n) is 11.5. The van der Waals surface area contributed by atoms with Gasteiger partial charge in [0.15, 0.2) is 0 Å². The first kappa shape index (κ1) is 12.8. The van der Waals surface area contributed by atoms with Crippen molar-refractivity contribution >= 4 is 11.6 Å². The summed E-state index contributed by atoms with van der Waals surface area (Å²) in [6, 6.07) is 9.64. The van der Waals surface area contributed by atoms with E-state index in [0.717, 1.165) is 36.2 Å². The molecule has 1 heterocycles. The van der Waals surface area contributed by atoms with E-state index in [4.69, 9.17) is 0 Å². The van der Waals surface area contributed by atoms with Gasteiger partial charge in [-0.15, -0.1) is 0 Å². The summed E-state index contributed by atoms with van der Waals surface area (Å²) in [4.78, 5) is 20.6. The molecule has 0 aliphatic heterocycles. The molecule has 2 aromatic rings. The largest absolute Gasteiger partial charge is 0.320 e. The van der Waals surface area contributed by atoms with E-state index in [2.05, 4.69) is 22.2 Å². The topological polar surface area (TPSA) is 54.9 Å². The average molecular weight is 267 g/mol. The Hall–Kier alpha value is -2.23. The van der Waals surface area contributed by atoms with Crippen LogP contribution in [0.15, 0.2) is 36.7 Å². The first-order valence-corrected chi connectivity index (χ1v) is 6.99. The molecule has 0 atom stereocenters. The number of aromatic nitrogens is 2. The first-order chi connectivity index (χ1) is 9.78. The highest BCUT2D eigenvalue weighted by atomic mass is 16.1. The lowest BCUT2D eigenvalue weighted by Gasteiger charge is -2.09. The standard InChI is InChI=1S/C16H17N3O/c1-2-11-5-3-4-6-13(11)19-16(20)15-9-14(12-7-8-12)17-10-18-15/h3-6,9-10,12H,2,7-8H2,1H3,(H,19,20). The summed E-state index contributed by atoms with van der Waals surface area (Å²) in [6.07, 6.45) is 4.69. The molecule has 1 aliphatic carbocycles. The fraction of sp³-hybridized carbons (Fsp3) is 0.312. The third-order valence-corrected chi connectivity index (χ3v) is 3.56. The third kappa shape index (κ3) is 2.69. The van der Waals surface area contributed by atoms with Gasteiger partial charge >= 0.3 is 0 Å². The van der Waals surface area contributed by atoms with Gasteiger partial charge in [0, 0.05) is 17.3 Å². The predicted octanol–water partition coefficient (Wildman–Crippen LogP) is 3.17. The summed E-state index contributed by atoms with van der Waals surface area (Å²) in [5, 5.41) is 2.94. The van der Waals surface area contributed by atoms with E-state index >= 15 is 0 Å². The minimum Gasteiger partial charge on any atom is -0.320 e. The lowest BCUT2D eigenvalue weighted by molar-refractivity contribution is 0.102. The highest BCUT2D eigenvalue weighted by molar-refractivity contribution is 6.03. The molecular formula is C16H17N3O. The van der Waals surface area contributed by atoms with E-state index in [-0.39, 0.29) is 5.91 Å². The number of amides is 1. The van der Waals surface area contributed by atoms with Gasteiger partial charge in [-0.3, -0.25) is 4.79 Å². The van der Waals surface area contributed by atoms with Crippen molar-refractivity contribution in [2.24, 2.45) is 0 Å². The second-order valence-electron chi connectivity index (χ2n) is 5.07. The molecule has 0 bridgehead atoms. The smallest absolute Gasteiger partial charge is 0.274 e. The summed E-state index contributed by atoms with van der Waals surface area (Å²) in [5.74, 6) is 0.350. The summed E-state index contributed by atoms with van der Waals surface area (Å²) in [5.41, 5.74) is 3.39. The van der Waals surface area contributed by atoms with Gasteiger partial charge in [0.1, 0.15) is 12.0 Å². The number of anilines is 1. The van der Waals surface area contributed by atoms with Crippen molar-refractivity contribution in [3.8, 4) is 0 Å². The van der Waals surface area contributed by atoms with Crippen LogP contribution in [-0.4, -0.2) is 15.9 Å². The molecule has 0 radical (unpaired) electrons. The van der Waals surface area contributed by atoms with E-state index in [0.29, 0.717) is 11.6 Å². The Kier molecular flexibility index (Phi) is 3.46. The van der Waals surface area contributed by atoms with E-state index < -0.39 is 0 Å². The van der Waals surface area contributed by atoms with Gasteiger partial charge in [-0.2, -0.15) is 0 Å². The Morgan fingerprint density at radius 1 is 1.30 bits per heavy atom. The molecule has 1 aliphatic rings. The molecule has 3 rings (SSSR count). The Bertz CT molecular complexity index is 635. The zero-order chi connectivity index (χ0) is 13.9. The monoisotopic (exact) mass is 267 g/mol. The number of benzene rings is 1. The SMILES string of the molecule is CCc1ccccc1NC(=O)c1cc(C2CC2)ncn1. The number of nitrogens with zero attached hydrogens (tertiary/aromatic N) is 2. The molecule has 4 nitrogen and oxygen atoms in total. The lowest BCUT2D eigenvalue weighted by Crippen LogP contribution is -2.15. The summed E-state index contributed by atoms with van der Waals surface area (Å²) >= 11 is 0. The van der Waals surface area contributed by atoms with Crippen molar-refractivity contribution in [1.82, 2.24) is 9.97 Å². The van der Waals surface area contributed by atoms with Gasteiger partial charge < -0.3 is 5.32 Å². The predicted molar refractivity (Wildman–Crippen MR) is 77.8 cm³/mol. The second-order valence-corrected chi connectivity index (χ2v) is 5.07. The molecule has 1 saturated carbocycles. The minimum atomic E-state index is -0.171. The maximum Gasteiger partial charge on any atom is 0.274 e. The van der Waals surface area contributed by atoms with Crippen LogP contribution >= 0.6 is 0 Å². The van der Waals surface area contributed by atoms with Crippen molar-refractivity contribution in [3.05, 3.63) is 53.6 Å². The zero-order valence-corrected chi connectivity index (χ0v) is 11.5. The van der Waals surface area contributed by atoms with Crippen molar-refractivity contribution in [2.75, 3.05) is 5.32 Å². The molecule has 4 heteroatoms. The summed E-state index contributed by atoms with van der Waals surface area (Å²) in [6.45, 7) is 2.07. The van der Waals surface area contributed by atoms with E-state index in [1.165, 1.54) is 6.33 Å². The molecule has 0 saturated heterocycles. The summed E-state index contributed by atoms with van der Waals surface area (Å²) < 4.78 is 0. The van der Waals surface area contributed by atoms with E-state index in [1.54, 1.807) is 0 Å². The molecule has 1 aromatic carbocycles. The lowest BCUT2D eigenvalue weighted by atomic mass is 10.1. The van der Waals surface area contributed by atoms with Crippen LogP contribution in [0.4, 0.5) is 5.69 Å². The first-order valence-electron chi connectivity index (χ1n) is 6.99. The van der Waals surface area contributed by atoms with Crippen LogP contribution in [0.1, 0.15) is 47.4 Å². The Morgan fingerprint density at radius 3 is 2.85 bits per heavy atom. The fourth-order valence-corrected chi connectivity index (χ4v) is 2.24. The van der Waals surface area contributed by atoms with Crippen LogP contribution in [0.25, 0.3) is 0 Å². The van der Waals surface area contributed by atoms with Gasteiger partial charge in [0.2, 0.25) is 0 Å². The number of carbonyl (C=O) groups is 1. The Morgan fingerprint density at radius 2 is 2.10 bits per heavy atom. The average Bonchev–Trinajstić information content (AvgIpc) is 3.32. The summed E-state index contributed by atoms with van der Waals surface area (Å²) in [7, 11) is 0. The number of para-hydroxylation sites is 1. The molecule has 1 N–H and O–H groups in total. The Labute approximate surface area is 118 Å². The molecule has 102 valence electrons. The molecule has 1 aromatic heterocycles. The molecule has 0 spiro atoms. The van der Waals surface area contributed by atoms with Crippen LogP contribution in [0, 0.1) is 0 Å². The number of aryl methyl sites for hydroxylation is 1. The highest BCUT2D eigenvalue weighted by Gasteiger charge is 2.26. The minimum absolute atomic E-state index is 0.171. The number of rotatable bonds is 4. The normalized spacial score (nSPS) is 14.1. The quantitative estimate of drug-likeness (QED) is 0.925. The van der Waals surface area contributed by atoms with Gasteiger partial charge in [0.05, 0.1) is 0 Å². The highest BCUT2D eigenvalue weighted by Crippen LogP contribution is 2.38. The number of nitrogens with one attached hydrogen (secondary N) is 1. The van der Waals surface area contributed by atoms with Crippen LogP contribution in [0.5, 0.6) is 0 Å². The molecule has 1 fully saturated rings. The molecule has 0 unspecified atom stereocenters. The van der Waals surface area contributed by atoms with Crippen LogP contribution in [0.3, 0.4) is 0 Å². The van der Waals surface area contributed by atoms with Gasteiger partial charge in [-0.25, -0.2) is 9.97 Å². The van der Waals surface area contributed by atoms with Crippen LogP contribution in [0.2, 0.25) is 0 Å².